The van der Waals surface area contributed by atoms with Gasteiger partial charge in [0.25, 0.3) is 0 Å². The number of rotatable bonds is 1. The van der Waals surface area contributed by atoms with Gasteiger partial charge in [-0.25, -0.2) is 9.73 Å². The standard InChI is InChI=1S/C6H13N3S/c1-3-7-9(4-1)6-2-5-10-8-6/h6-8H,1-5H2. The van der Waals surface area contributed by atoms with Gasteiger partial charge in [0.2, 0.25) is 0 Å². The molecule has 2 aliphatic heterocycles. The van der Waals surface area contributed by atoms with E-state index in [9.17, 15) is 0 Å². The summed E-state index contributed by atoms with van der Waals surface area (Å²) < 4.78 is 3.38. The van der Waals surface area contributed by atoms with Crippen molar-refractivity contribution < 1.29 is 0 Å². The number of hydrazine groups is 1. The monoisotopic (exact) mass is 159 g/mol. The van der Waals surface area contributed by atoms with Crippen LogP contribution in [0.25, 0.3) is 0 Å². The summed E-state index contributed by atoms with van der Waals surface area (Å²) in [6.45, 7) is 2.36. The SMILES string of the molecule is C1CNN(C2CCSN2)C1. The van der Waals surface area contributed by atoms with Gasteiger partial charge < -0.3 is 0 Å². The van der Waals surface area contributed by atoms with Crippen LogP contribution in [0.1, 0.15) is 12.8 Å². The molecule has 0 aliphatic carbocycles. The Balaban J connectivity index is 1.85. The smallest absolute Gasteiger partial charge is 0.0832 e. The zero-order valence-corrected chi connectivity index (χ0v) is 6.78. The van der Waals surface area contributed by atoms with Crippen molar-refractivity contribution in [3.8, 4) is 0 Å². The zero-order valence-electron chi connectivity index (χ0n) is 5.97. The average Bonchev–Trinajstić information content (AvgIpc) is 2.59. The van der Waals surface area contributed by atoms with Gasteiger partial charge in [0.05, 0.1) is 6.17 Å². The van der Waals surface area contributed by atoms with E-state index in [4.69, 9.17) is 0 Å². The van der Waals surface area contributed by atoms with Crippen LogP contribution in [-0.2, 0) is 0 Å². The third-order valence-electron chi connectivity index (χ3n) is 1.98. The molecule has 2 saturated heterocycles. The highest BCUT2D eigenvalue weighted by Crippen LogP contribution is 2.16. The van der Waals surface area contributed by atoms with Crippen LogP contribution >= 0.6 is 11.9 Å². The van der Waals surface area contributed by atoms with Gasteiger partial charge in [-0.1, -0.05) is 11.9 Å². The highest BCUT2D eigenvalue weighted by molar-refractivity contribution is 7.97. The predicted octanol–water partition coefficient (Wildman–Crippen LogP) is 0.164. The van der Waals surface area contributed by atoms with E-state index in [0.29, 0.717) is 6.17 Å². The van der Waals surface area contributed by atoms with Crippen molar-refractivity contribution in [1.29, 1.82) is 0 Å². The molecule has 0 saturated carbocycles. The first-order valence-corrected chi connectivity index (χ1v) is 4.83. The van der Waals surface area contributed by atoms with Crippen LogP contribution in [0.3, 0.4) is 0 Å². The number of nitrogens with one attached hydrogen (secondary N) is 2. The van der Waals surface area contributed by atoms with Gasteiger partial charge in [-0.3, -0.25) is 5.43 Å². The van der Waals surface area contributed by atoms with Gasteiger partial charge in [0.1, 0.15) is 0 Å². The Hall–Kier alpha value is 0.230. The summed E-state index contributed by atoms with van der Waals surface area (Å²) in [6.07, 6.45) is 3.16. The molecule has 0 aromatic heterocycles. The molecule has 2 aliphatic rings. The lowest BCUT2D eigenvalue weighted by molar-refractivity contribution is 0.169. The van der Waals surface area contributed by atoms with E-state index in [1.807, 2.05) is 11.9 Å². The van der Waals surface area contributed by atoms with E-state index in [-0.39, 0.29) is 0 Å². The maximum atomic E-state index is 3.38. The fourth-order valence-electron chi connectivity index (χ4n) is 1.42. The van der Waals surface area contributed by atoms with E-state index in [2.05, 4.69) is 15.2 Å². The zero-order chi connectivity index (χ0) is 6.81. The maximum Gasteiger partial charge on any atom is 0.0832 e. The number of nitrogens with zero attached hydrogens (tertiary/aromatic N) is 1. The first kappa shape index (κ1) is 6.91. The number of hydrogen-bond acceptors (Lipinski definition) is 4. The fraction of sp³-hybridized carbons (Fsp3) is 1.00. The second-order valence-corrected chi connectivity index (χ2v) is 3.66. The Morgan fingerprint density at radius 1 is 1.50 bits per heavy atom. The second kappa shape index (κ2) is 3.09. The molecular formula is C6H13N3S. The lowest BCUT2D eigenvalue weighted by atomic mass is 10.3. The Morgan fingerprint density at radius 3 is 3.10 bits per heavy atom. The van der Waals surface area contributed by atoms with Crippen LogP contribution in [0.15, 0.2) is 0 Å². The second-order valence-electron chi connectivity index (χ2n) is 2.73. The molecule has 0 bridgehead atoms. The molecule has 1 atom stereocenters. The van der Waals surface area contributed by atoms with E-state index >= 15 is 0 Å². The summed E-state index contributed by atoms with van der Waals surface area (Å²) in [4.78, 5) is 0. The molecule has 0 aromatic rings. The fourth-order valence-corrected chi connectivity index (χ4v) is 2.32. The van der Waals surface area contributed by atoms with Gasteiger partial charge in [-0.15, -0.1) is 0 Å². The third kappa shape index (κ3) is 1.29. The van der Waals surface area contributed by atoms with Crippen molar-refractivity contribution in [3.05, 3.63) is 0 Å². The van der Waals surface area contributed by atoms with Gasteiger partial charge in [-0.2, -0.15) is 0 Å². The molecule has 2 rings (SSSR count). The quantitative estimate of drug-likeness (QED) is 0.533. The summed E-state index contributed by atoms with van der Waals surface area (Å²) in [5.74, 6) is 1.25. The van der Waals surface area contributed by atoms with Gasteiger partial charge >= 0.3 is 0 Å². The van der Waals surface area contributed by atoms with Crippen LogP contribution in [0.5, 0.6) is 0 Å². The molecule has 10 heavy (non-hydrogen) atoms. The molecule has 2 N–H and O–H groups in total. The van der Waals surface area contributed by atoms with Gasteiger partial charge in [-0.05, 0) is 12.8 Å². The normalized spacial score (nSPS) is 35.4. The molecule has 4 heteroatoms. The van der Waals surface area contributed by atoms with Gasteiger partial charge in [0, 0.05) is 18.8 Å². The molecule has 58 valence electrons. The number of hydrogen-bond donors (Lipinski definition) is 2. The Morgan fingerprint density at radius 2 is 2.50 bits per heavy atom. The van der Waals surface area contributed by atoms with Crippen LogP contribution in [0.2, 0.25) is 0 Å². The Kier molecular flexibility index (Phi) is 2.13. The maximum absolute atomic E-state index is 3.38. The summed E-state index contributed by atoms with van der Waals surface area (Å²) in [5, 5.41) is 2.32. The van der Waals surface area contributed by atoms with Crippen molar-refractivity contribution >= 4 is 11.9 Å². The lowest BCUT2D eigenvalue weighted by Crippen LogP contribution is -2.44. The largest absolute Gasteiger partial charge is 0.254 e. The Bertz CT molecular complexity index is 93.6. The predicted molar refractivity (Wildman–Crippen MR) is 43.3 cm³/mol. The van der Waals surface area contributed by atoms with Crippen LogP contribution in [0, 0.1) is 0 Å². The molecule has 2 heterocycles. The van der Waals surface area contributed by atoms with Crippen LogP contribution < -0.4 is 10.1 Å². The lowest BCUT2D eigenvalue weighted by Gasteiger charge is -2.21. The molecule has 1 unspecified atom stereocenters. The molecule has 0 radical (unpaired) electrons. The first-order chi connectivity index (χ1) is 4.97. The summed E-state index contributed by atoms with van der Waals surface area (Å²) >= 11 is 1.84. The highest BCUT2D eigenvalue weighted by Gasteiger charge is 2.24. The molecule has 3 nitrogen and oxygen atoms in total. The highest BCUT2D eigenvalue weighted by atomic mass is 32.2. The summed E-state index contributed by atoms with van der Waals surface area (Å²) in [5.41, 5.74) is 3.36. The van der Waals surface area contributed by atoms with E-state index in [1.165, 1.54) is 25.1 Å². The minimum absolute atomic E-state index is 0.590. The molecule has 0 spiro atoms. The molecule has 0 aromatic carbocycles. The first-order valence-electron chi connectivity index (χ1n) is 3.84. The Labute approximate surface area is 65.6 Å². The molecule has 2 fully saturated rings. The third-order valence-corrected chi connectivity index (χ3v) is 2.86. The van der Waals surface area contributed by atoms with Crippen molar-refractivity contribution in [1.82, 2.24) is 15.2 Å². The average molecular weight is 159 g/mol. The van der Waals surface area contributed by atoms with Crippen LogP contribution in [0.4, 0.5) is 0 Å². The van der Waals surface area contributed by atoms with E-state index < -0.39 is 0 Å². The van der Waals surface area contributed by atoms with Crippen molar-refractivity contribution in [3.63, 3.8) is 0 Å². The summed E-state index contributed by atoms with van der Waals surface area (Å²) in [6, 6.07) is 0. The van der Waals surface area contributed by atoms with Crippen molar-refractivity contribution in [2.24, 2.45) is 0 Å². The van der Waals surface area contributed by atoms with Crippen molar-refractivity contribution in [2.75, 3.05) is 18.8 Å². The minimum Gasteiger partial charge on any atom is -0.254 e. The van der Waals surface area contributed by atoms with Crippen molar-refractivity contribution in [2.45, 2.75) is 19.0 Å². The van der Waals surface area contributed by atoms with Crippen LogP contribution in [-0.4, -0.2) is 30.0 Å². The van der Waals surface area contributed by atoms with E-state index in [1.54, 1.807) is 0 Å². The molecular weight excluding hydrogens is 146 g/mol. The van der Waals surface area contributed by atoms with E-state index in [0.717, 1.165) is 6.54 Å². The minimum atomic E-state index is 0.590. The summed E-state index contributed by atoms with van der Waals surface area (Å²) in [7, 11) is 0. The topological polar surface area (TPSA) is 27.3 Å². The van der Waals surface area contributed by atoms with Gasteiger partial charge in [0.15, 0.2) is 0 Å². The molecule has 0 amide bonds.